The van der Waals surface area contributed by atoms with E-state index in [1.54, 1.807) is 9.75 Å². The van der Waals surface area contributed by atoms with Crippen LogP contribution in [0.25, 0.3) is 0 Å². The summed E-state index contributed by atoms with van der Waals surface area (Å²) in [5.74, 6) is 1.22. The van der Waals surface area contributed by atoms with Crippen molar-refractivity contribution in [2.24, 2.45) is 0 Å². The molecule has 2 aliphatic rings. The molecule has 0 spiro atoms. The van der Waals surface area contributed by atoms with Crippen molar-refractivity contribution >= 4 is 22.7 Å². The van der Waals surface area contributed by atoms with Crippen LogP contribution >= 0.6 is 22.7 Å². The first-order valence-corrected chi connectivity index (χ1v) is 11.6. The van der Waals surface area contributed by atoms with Gasteiger partial charge in [-0.25, -0.2) is 9.97 Å². The first-order chi connectivity index (χ1) is 12.0. The molecule has 0 fully saturated rings. The van der Waals surface area contributed by atoms with Crippen LogP contribution in [-0.4, -0.2) is 9.97 Å². The standard InChI is InChI=1S/C11H17NS.C10H15NS/c1-8(2)11-12-9-6-4-3-5-7-10(9)13-11;1-7(2)10-11-8-5-3-4-6-9(8)12-10/h8H,3-7H2,1-2H3;7H,3-6H2,1-2H3. The second-order valence-electron chi connectivity index (χ2n) is 7.92. The van der Waals surface area contributed by atoms with Crippen molar-refractivity contribution < 1.29 is 0 Å². The molecule has 25 heavy (non-hydrogen) atoms. The molecule has 4 rings (SSSR count). The summed E-state index contributed by atoms with van der Waals surface area (Å²) in [5.41, 5.74) is 2.81. The zero-order chi connectivity index (χ0) is 17.8. The average Bonchev–Trinajstić information content (AvgIpc) is 3.14. The van der Waals surface area contributed by atoms with Gasteiger partial charge in [-0.05, 0) is 51.4 Å². The fourth-order valence-electron chi connectivity index (χ4n) is 3.41. The SMILES string of the molecule is CC(C)c1nc2c(s1)CCCC2.CC(C)c1nc2c(s1)CCCCC2. The van der Waals surface area contributed by atoms with Crippen molar-refractivity contribution in [1.29, 1.82) is 0 Å². The van der Waals surface area contributed by atoms with Crippen LogP contribution in [-0.2, 0) is 25.7 Å². The number of fused-ring (bicyclic) bond motifs is 2. The zero-order valence-corrected chi connectivity index (χ0v) is 17.9. The van der Waals surface area contributed by atoms with Crippen LogP contribution in [0.2, 0.25) is 0 Å². The molecular weight excluding hydrogens is 344 g/mol. The number of aryl methyl sites for hydroxylation is 4. The molecule has 0 aromatic carbocycles. The average molecular weight is 377 g/mol. The molecule has 2 nitrogen and oxygen atoms in total. The Morgan fingerprint density at radius 1 is 0.600 bits per heavy atom. The molecule has 0 unspecified atom stereocenters. The Labute approximate surface area is 161 Å². The molecule has 4 heteroatoms. The number of hydrogen-bond acceptors (Lipinski definition) is 4. The highest BCUT2D eigenvalue weighted by molar-refractivity contribution is 7.12. The van der Waals surface area contributed by atoms with Crippen LogP contribution in [0.15, 0.2) is 0 Å². The number of nitrogens with zero attached hydrogens (tertiary/aromatic N) is 2. The number of rotatable bonds is 2. The van der Waals surface area contributed by atoms with E-state index in [-0.39, 0.29) is 0 Å². The van der Waals surface area contributed by atoms with Gasteiger partial charge in [-0.1, -0.05) is 34.1 Å². The van der Waals surface area contributed by atoms with Crippen molar-refractivity contribution in [2.45, 2.75) is 97.3 Å². The molecule has 2 heterocycles. The normalized spacial score (nSPS) is 16.9. The van der Waals surface area contributed by atoms with Crippen LogP contribution in [0.3, 0.4) is 0 Å². The Kier molecular flexibility index (Phi) is 6.67. The maximum Gasteiger partial charge on any atom is 0.0956 e. The fraction of sp³-hybridized carbons (Fsp3) is 0.714. The molecule has 0 N–H and O–H groups in total. The van der Waals surface area contributed by atoms with E-state index in [1.165, 1.54) is 79.2 Å². The quantitative estimate of drug-likeness (QED) is 0.546. The van der Waals surface area contributed by atoms with Gasteiger partial charge in [0, 0.05) is 21.6 Å². The van der Waals surface area contributed by atoms with E-state index in [0.717, 1.165) is 0 Å². The maximum atomic E-state index is 4.73. The highest BCUT2D eigenvalue weighted by Crippen LogP contribution is 2.30. The van der Waals surface area contributed by atoms with Gasteiger partial charge in [0.1, 0.15) is 0 Å². The van der Waals surface area contributed by atoms with Gasteiger partial charge < -0.3 is 0 Å². The van der Waals surface area contributed by atoms with Crippen LogP contribution < -0.4 is 0 Å². The number of aromatic nitrogens is 2. The van der Waals surface area contributed by atoms with Crippen molar-refractivity contribution in [2.75, 3.05) is 0 Å². The van der Waals surface area contributed by atoms with Crippen LogP contribution in [0.1, 0.15) is 103 Å². The molecule has 138 valence electrons. The third-order valence-electron chi connectivity index (χ3n) is 4.96. The predicted octanol–water partition coefficient (Wildman–Crippen LogP) is 6.68. The van der Waals surface area contributed by atoms with E-state index in [9.17, 15) is 0 Å². The van der Waals surface area contributed by atoms with Gasteiger partial charge in [0.25, 0.3) is 0 Å². The fourth-order valence-corrected chi connectivity index (χ4v) is 5.73. The van der Waals surface area contributed by atoms with Gasteiger partial charge in [0.05, 0.1) is 21.4 Å². The molecule has 0 aliphatic heterocycles. The maximum absolute atomic E-state index is 4.73. The predicted molar refractivity (Wildman–Crippen MR) is 110 cm³/mol. The molecule has 0 saturated carbocycles. The van der Waals surface area contributed by atoms with Gasteiger partial charge in [-0.15, -0.1) is 22.7 Å². The molecule has 2 aromatic rings. The van der Waals surface area contributed by atoms with Gasteiger partial charge in [0.15, 0.2) is 0 Å². The lowest BCUT2D eigenvalue weighted by molar-refractivity contribution is 0.678. The molecule has 0 bridgehead atoms. The Morgan fingerprint density at radius 3 is 1.48 bits per heavy atom. The van der Waals surface area contributed by atoms with E-state index >= 15 is 0 Å². The minimum absolute atomic E-state index is 0.608. The second kappa shape index (κ2) is 8.77. The minimum Gasteiger partial charge on any atom is -0.246 e. The zero-order valence-electron chi connectivity index (χ0n) is 16.2. The third kappa shape index (κ3) is 4.91. The number of hydrogen-bond donors (Lipinski definition) is 0. The van der Waals surface area contributed by atoms with E-state index in [0.29, 0.717) is 11.8 Å². The van der Waals surface area contributed by atoms with Gasteiger partial charge in [0.2, 0.25) is 0 Å². The first-order valence-electron chi connectivity index (χ1n) is 10.0. The Bertz CT molecular complexity index is 635. The summed E-state index contributed by atoms with van der Waals surface area (Å²) in [5, 5.41) is 2.67. The van der Waals surface area contributed by atoms with Gasteiger partial charge in [-0.2, -0.15) is 0 Å². The summed E-state index contributed by atoms with van der Waals surface area (Å²) in [7, 11) is 0. The smallest absolute Gasteiger partial charge is 0.0956 e. The molecule has 0 saturated heterocycles. The Balaban J connectivity index is 0.000000146. The monoisotopic (exact) mass is 376 g/mol. The van der Waals surface area contributed by atoms with Crippen LogP contribution in [0.5, 0.6) is 0 Å². The third-order valence-corrected chi connectivity index (χ3v) is 7.88. The Hall–Kier alpha value is -0.740. The molecular formula is C21H32N2S2. The summed E-state index contributed by atoms with van der Waals surface area (Å²) in [6.45, 7) is 8.92. The Morgan fingerprint density at radius 2 is 1.00 bits per heavy atom. The molecule has 0 amide bonds. The highest BCUT2D eigenvalue weighted by atomic mass is 32.1. The molecule has 0 radical (unpaired) electrons. The molecule has 2 aromatic heterocycles. The summed E-state index contributed by atoms with van der Waals surface area (Å²) < 4.78 is 0. The second-order valence-corrected chi connectivity index (χ2v) is 10.2. The van der Waals surface area contributed by atoms with E-state index in [4.69, 9.17) is 4.98 Å². The highest BCUT2D eigenvalue weighted by Gasteiger charge is 2.16. The van der Waals surface area contributed by atoms with Gasteiger partial charge >= 0.3 is 0 Å². The van der Waals surface area contributed by atoms with Gasteiger partial charge in [-0.3, -0.25) is 0 Å². The van der Waals surface area contributed by atoms with Crippen molar-refractivity contribution in [3.63, 3.8) is 0 Å². The first kappa shape index (κ1) is 19.0. The summed E-state index contributed by atoms with van der Waals surface area (Å²) in [6, 6.07) is 0. The topological polar surface area (TPSA) is 25.8 Å². The summed E-state index contributed by atoms with van der Waals surface area (Å²) in [6.07, 6.45) is 11.8. The lowest BCUT2D eigenvalue weighted by atomic mass is 10.0. The lowest BCUT2D eigenvalue weighted by Gasteiger charge is -2.06. The summed E-state index contributed by atoms with van der Waals surface area (Å²) in [4.78, 5) is 12.5. The van der Waals surface area contributed by atoms with Crippen LogP contribution in [0, 0.1) is 0 Å². The van der Waals surface area contributed by atoms with E-state index in [2.05, 4.69) is 32.7 Å². The largest absolute Gasteiger partial charge is 0.246 e. The number of thiazole rings is 2. The van der Waals surface area contributed by atoms with Crippen molar-refractivity contribution in [3.8, 4) is 0 Å². The van der Waals surface area contributed by atoms with Crippen molar-refractivity contribution in [3.05, 3.63) is 31.2 Å². The lowest BCUT2D eigenvalue weighted by Crippen LogP contribution is -1.99. The molecule has 2 aliphatic carbocycles. The molecule has 0 atom stereocenters. The van der Waals surface area contributed by atoms with E-state index < -0.39 is 0 Å². The van der Waals surface area contributed by atoms with Crippen LogP contribution in [0.4, 0.5) is 0 Å². The van der Waals surface area contributed by atoms with E-state index in [1.807, 2.05) is 22.7 Å². The van der Waals surface area contributed by atoms with Crippen molar-refractivity contribution in [1.82, 2.24) is 9.97 Å². The minimum atomic E-state index is 0.608. The summed E-state index contributed by atoms with van der Waals surface area (Å²) >= 11 is 3.88.